The molecule has 4 rings (SSSR count). The number of ether oxygens (including phenoxy) is 1. The van der Waals surface area contributed by atoms with Crippen molar-refractivity contribution in [3.8, 4) is 0 Å². The summed E-state index contributed by atoms with van der Waals surface area (Å²) >= 11 is 0. The number of nitrogens with one attached hydrogen (secondary N) is 3. The lowest BCUT2D eigenvalue weighted by molar-refractivity contribution is 0.102. The standard InChI is InChI=1S/C23H27N7O3/c1-3-33-23(32)29-10-9-15-12-26-18(11-16(15)13-29)22(31)28-20-6-4-5-17(27-20)21(25)30-14(2)7-8-19(30)24/h4-6,11-12,14,24-25H,3,7-10,13H2,1-2H3,(H,27,28,31)/t14-/m0/s1. The molecule has 10 heteroatoms. The summed E-state index contributed by atoms with van der Waals surface area (Å²) in [4.78, 5) is 36.9. The fourth-order valence-electron chi connectivity index (χ4n) is 4.09. The van der Waals surface area contributed by atoms with Gasteiger partial charge in [-0.3, -0.25) is 20.6 Å². The number of hydrogen-bond acceptors (Lipinski definition) is 7. The molecule has 2 aliphatic rings. The van der Waals surface area contributed by atoms with Crippen molar-refractivity contribution >= 4 is 29.5 Å². The second-order valence-electron chi connectivity index (χ2n) is 8.12. The van der Waals surface area contributed by atoms with Crippen molar-refractivity contribution in [1.82, 2.24) is 19.8 Å². The maximum absolute atomic E-state index is 12.8. The quantitative estimate of drug-likeness (QED) is 0.485. The Morgan fingerprint density at radius 2 is 2.06 bits per heavy atom. The van der Waals surface area contributed by atoms with E-state index in [1.807, 2.05) is 6.92 Å². The summed E-state index contributed by atoms with van der Waals surface area (Å²) in [5, 5.41) is 19.3. The van der Waals surface area contributed by atoms with Crippen LogP contribution in [0, 0.1) is 10.8 Å². The smallest absolute Gasteiger partial charge is 0.410 e. The number of hydrogen-bond donors (Lipinski definition) is 3. The summed E-state index contributed by atoms with van der Waals surface area (Å²) in [5.41, 5.74) is 2.47. The summed E-state index contributed by atoms with van der Waals surface area (Å²) in [7, 11) is 0. The molecule has 1 saturated heterocycles. The first kappa shape index (κ1) is 22.4. The van der Waals surface area contributed by atoms with E-state index in [0.29, 0.717) is 49.9 Å². The second-order valence-corrected chi connectivity index (χ2v) is 8.12. The molecule has 2 aromatic heterocycles. The predicted molar refractivity (Wildman–Crippen MR) is 123 cm³/mol. The molecule has 0 radical (unpaired) electrons. The van der Waals surface area contributed by atoms with Gasteiger partial charge in [-0.15, -0.1) is 0 Å². The van der Waals surface area contributed by atoms with Gasteiger partial charge in [-0.25, -0.2) is 9.78 Å². The minimum atomic E-state index is -0.426. The van der Waals surface area contributed by atoms with Crippen molar-refractivity contribution in [3.63, 3.8) is 0 Å². The Morgan fingerprint density at radius 3 is 2.79 bits per heavy atom. The molecule has 0 spiro atoms. The lowest BCUT2D eigenvalue weighted by Gasteiger charge is -2.28. The molecular formula is C23H27N7O3. The Balaban J connectivity index is 1.48. The monoisotopic (exact) mass is 449 g/mol. The third-order valence-corrected chi connectivity index (χ3v) is 5.86. The van der Waals surface area contributed by atoms with Gasteiger partial charge in [0.25, 0.3) is 5.91 Å². The number of amides is 2. The predicted octanol–water partition coefficient (Wildman–Crippen LogP) is 3.03. The maximum atomic E-state index is 12.8. The van der Waals surface area contributed by atoms with Crippen molar-refractivity contribution in [2.75, 3.05) is 18.5 Å². The van der Waals surface area contributed by atoms with Crippen LogP contribution in [0.15, 0.2) is 30.5 Å². The van der Waals surface area contributed by atoms with Crippen LogP contribution < -0.4 is 5.32 Å². The van der Waals surface area contributed by atoms with Gasteiger partial charge in [0.15, 0.2) is 5.84 Å². The van der Waals surface area contributed by atoms with Crippen LogP contribution in [0.3, 0.4) is 0 Å². The zero-order valence-electron chi connectivity index (χ0n) is 18.7. The lowest BCUT2D eigenvalue weighted by atomic mass is 10.0. The Kier molecular flexibility index (Phi) is 6.34. The molecule has 3 N–H and O–H groups in total. The Labute approximate surface area is 192 Å². The molecule has 0 saturated carbocycles. The number of nitrogens with zero attached hydrogens (tertiary/aromatic N) is 4. The van der Waals surface area contributed by atoms with Crippen molar-refractivity contribution in [2.45, 2.75) is 45.7 Å². The van der Waals surface area contributed by atoms with Gasteiger partial charge in [-0.05, 0) is 56.0 Å². The molecule has 0 unspecified atom stereocenters. The molecule has 33 heavy (non-hydrogen) atoms. The topological polar surface area (TPSA) is 135 Å². The van der Waals surface area contributed by atoms with E-state index in [0.717, 1.165) is 17.5 Å². The van der Waals surface area contributed by atoms with Crippen molar-refractivity contribution < 1.29 is 14.3 Å². The van der Waals surface area contributed by atoms with E-state index >= 15 is 0 Å². The first-order valence-electron chi connectivity index (χ1n) is 11.0. The summed E-state index contributed by atoms with van der Waals surface area (Å²) < 4.78 is 5.08. The Morgan fingerprint density at radius 1 is 1.24 bits per heavy atom. The molecule has 172 valence electrons. The molecule has 2 aromatic rings. The van der Waals surface area contributed by atoms with Gasteiger partial charge in [-0.1, -0.05) is 6.07 Å². The van der Waals surface area contributed by atoms with Crippen molar-refractivity contribution in [1.29, 1.82) is 10.8 Å². The maximum Gasteiger partial charge on any atom is 0.410 e. The van der Waals surface area contributed by atoms with Crippen LogP contribution >= 0.6 is 0 Å². The van der Waals surface area contributed by atoms with Crippen LogP contribution in [0.2, 0.25) is 0 Å². The molecule has 4 heterocycles. The average molecular weight is 450 g/mol. The number of aromatic nitrogens is 2. The van der Waals surface area contributed by atoms with E-state index in [1.54, 1.807) is 47.2 Å². The number of rotatable bonds is 4. The Bertz CT molecular complexity index is 1120. The van der Waals surface area contributed by atoms with Crippen LogP contribution in [0.25, 0.3) is 0 Å². The van der Waals surface area contributed by atoms with Gasteiger partial charge in [0.05, 0.1) is 6.61 Å². The third-order valence-electron chi connectivity index (χ3n) is 5.86. The zero-order valence-corrected chi connectivity index (χ0v) is 18.7. The highest BCUT2D eigenvalue weighted by Crippen LogP contribution is 2.22. The number of likely N-dealkylation sites (tertiary alicyclic amines) is 1. The summed E-state index contributed by atoms with van der Waals surface area (Å²) in [6.07, 6.45) is 3.42. The van der Waals surface area contributed by atoms with Gasteiger partial charge in [0.1, 0.15) is 23.0 Å². The van der Waals surface area contributed by atoms with Crippen LogP contribution in [-0.4, -0.2) is 62.6 Å². The molecule has 1 atom stereocenters. The number of carbonyl (C=O) groups excluding carboxylic acids is 2. The van der Waals surface area contributed by atoms with Crippen LogP contribution in [0.5, 0.6) is 0 Å². The highest BCUT2D eigenvalue weighted by atomic mass is 16.6. The lowest BCUT2D eigenvalue weighted by Crippen LogP contribution is -2.37. The highest BCUT2D eigenvalue weighted by molar-refractivity contribution is 6.08. The number of amidine groups is 2. The molecular weight excluding hydrogens is 422 g/mol. The van der Waals surface area contributed by atoms with E-state index in [2.05, 4.69) is 15.3 Å². The van der Waals surface area contributed by atoms with Gasteiger partial charge in [-0.2, -0.15) is 0 Å². The van der Waals surface area contributed by atoms with E-state index < -0.39 is 5.91 Å². The van der Waals surface area contributed by atoms with E-state index in [1.165, 1.54) is 0 Å². The summed E-state index contributed by atoms with van der Waals surface area (Å²) in [6, 6.07) is 6.81. The van der Waals surface area contributed by atoms with Crippen molar-refractivity contribution in [3.05, 3.63) is 53.0 Å². The van der Waals surface area contributed by atoms with Gasteiger partial charge in [0, 0.05) is 31.7 Å². The van der Waals surface area contributed by atoms with Gasteiger partial charge in [0.2, 0.25) is 0 Å². The number of pyridine rings is 2. The number of anilines is 1. The Hall–Kier alpha value is -3.82. The van der Waals surface area contributed by atoms with Crippen molar-refractivity contribution in [2.24, 2.45) is 0 Å². The van der Waals surface area contributed by atoms with Crippen LogP contribution in [-0.2, 0) is 17.7 Å². The molecule has 0 aliphatic carbocycles. The van der Waals surface area contributed by atoms with E-state index in [4.69, 9.17) is 15.6 Å². The molecule has 2 aliphatic heterocycles. The van der Waals surface area contributed by atoms with Gasteiger partial charge < -0.3 is 19.9 Å². The molecule has 0 aromatic carbocycles. The average Bonchev–Trinajstić information content (AvgIpc) is 3.15. The first-order chi connectivity index (χ1) is 15.9. The highest BCUT2D eigenvalue weighted by Gasteiger charge is 2.29. The van der Waals surface area contributed by atoms with Crippen LogP contribution in [0.4, 0.5) is 10.6 Å². The zero-order chi connectivity index (χ0) is 23.5. The SMILES string of the molecule is CCOC(=O)N1CCc2cnc(C(=O)Nc3cccc(C(=N)N4C(=N)CC[C@@H]4C)n3)cc2C1. The molecule has 2 amide bonds. The van der Waals surface area contributed by atoms with Gasteiger partial charge >= 0.3 is 6.09 Å². The second kappa shape index (κ2) is 9.35. The first-order valence-corrected chi connectivity index (χ1v) is 11.0. The molecule has 1 fully saturated rings. The number of fused-ring (bicyclic) bond motifs is 1. The fraction of sp³-hybridized carbons (Fsp3) is 0.391. The summed E-state index contributed by atoms with van der Waals surface area (Å²) in [6.45, 7) is 4.97. The fourth-order valence-corrected chi connectivity index (χ4v) is 4.09. The molecule has 0 bridgehead atoms. The minimum absolute atomic E-state index is 0.0684. The summed E-state index contributed by atoms with van der Waals surface area (Å²) in [5.74, 6) is 0.420. The van der Waals surface area contributed by atoms with Crippen LogP contribution in [0.1, 0.15) is 54.0 Å². The van der Waals surface area contributed by atoms with E-state index in [9.17, 15) is 9.59 Å². The normalized spacial score (nSPS) is 17.5. The number of carbonyl (C=O) groups is 2. The molecule has 10 nitrogen and oxygen atoms in total. The largest absolute Gasteiger partial charge is 0.450 e. The third kappa shape index (κ3) is 4.69. The minimum Gasteiger partial charge on any atom is -0.450 e. The van der Waals surface area contributed by atoms with E-state index in [-0.39, 0.29) is 23.7 Å².